The molecule has 0 radical (unpaired) electrons. The summed E-state index contributed by atoms with van der Waals surface area (Å²) in [6.45, 7) is 5.53. The van der Waals surface area contributed by atoms with Crippen LogP contribution in [0.25, 0.3) is 12.2 Å². The lowest BCUT2D eigenvalue weighted by Crippen LogP contribution is -2.34. The van der Waals surface area contributed by atoms with Crippen molar-refractivity contribution in [1.82, 2.24) is 14.7 Å². The minimum absolute atomic E-state index is 0.0476. The van der Waals surface area contributed by atoms with Crippen LogP contribution in [0.3, 0.4) is 0 Å². The highest BCUT2D eigenvalue weighted by molar-refractivity contribution is 5.62. The number of hydrogen-bond donors (Lipinski definition) is 1. The van der Waals surface area contributed by atoms with E-state index in [1.807, 2.05) is 13.0 Å². The molecule has 0 saturated heterocycles. The molecule has 98 valence electrons. The van der Waals surface area contributed by atoms with E-state index in [9.17, 15) is 9.59 Å². The number of nitrogens with zero attached hydrogens (tertiary/aromatic N) is 2. The first-order valence-electron chi connectivity index (χ1n) is 5.69. The first kappa shape index (κ1) is 12.8. The highest BCUT2D eigenvalue weighted by Crippen LogP contribution is 2.17. The second-order valence-electron chi connectivity index (χ2n) is 3.82. The van der Waals surface area contributed by atoms with Crippen molar-refractivity contribution in [2.75, 3.05) is 0 Å². The summed E-state index contributed by atoms with van der Waals surface area (Å²) in [5.41, 5.74) is 0.347. The van der Waals surface area contributed by atoms with Crippen LogP contribution in [0.2, 0.25) is 0 Å². The third-order valence-electron chi connectivity index (χ3n) is 2.60. The average molecular weight is 259 g/mol. The summed E-state index contributed by atoms with van der Waals surface area (Å²) < 4.78 is 6.16. The van der Waals surface area contributed by atoms with Crippen LogP contribution in [-0.2, 0) is 6.54 Å². The van der Waals surface area contributed by atoms with Gasteiger partial charge in [-0.1, -0.05) is 23.9 Å². The lowest BCUT2D eigenvalue weighted by Gasteiger charge is -2.01. The highest BCUT2D eigenvalue weighted by atomic mass is 16.5. The predicted molar refractivity (Wildman–Crippen MR) is 71.7 cm³/mol. The zero-order chi connectivity index (χ0) is 13.8. The maximum absolute atomic E-state index is 11.6. The molecule has 1 N–H and O–H groups in total. The van der Waals surface area contributed by atoms with Gasteiger partial charge in [-0.25, -0.2) is 4.79 Å². The second-order valence-corrected chi connectivity index (χ2v) is 3.82. The number of allylic oxidation sites excluding steroid dienone is 1. The molecule has 2 rings (SSSR count). The van der Waals surface area contributed by atoms with Crippen LogP contribution in [0.15, 0.2) is 39.0 Å². The van der Waals surface area contributed by atoms with E-state index in [1.54, 1.807) is 6.08 Å². The molecule has 6 nitrogen and oxygen atoms in total. The summed E-state index contributed by atoms with van der Waals surface area (Å²) in [6.07, 6.45) is 6.46. The first-order valence-corrected chi connectivity index (χ1v) is 5.69. The molecule has 0 saturated carbocycles. The van der Waals surface area contributed by atoms with Crippen molar-refractivity contribution in [2.45, 2.75) is 13.5 Å². The van der Waals surface area contributed by atoms with Crippen LogP contribution in [0.5, 0.6) is 0 Å². The summed E-state index contributed by atoms with van der Waals surface area (Å²) in [4.78, 5) is 25.7. The van der Waals surface area contributed by atoms with E-state index >= 15 is 0 Å². The Hall–Kier alpha value is -2.63. The molecular weight excluding hydrogens is 246 g/mol. The maximum atomic E-state index is 11.6. The largest absolute Gasteiger partial charge is 0.356 e. The van der Waals surface area contributed by atoms with Crippen LogP contribution in [0.1, 0.15) is 23.9 Å². The van der Waals surface area contributed by atoms with Gasteiger partial charge in [-0.05, 0) is 13.0 Å². The van der Waals surface area contributed by atoms with Crippen LogP contribution in [0.4, 0.5) is 0 Å². The van der Waals surface area contributed by atoms with E-state index < -0.39 is 11.2 Å². The van der Waals surface area contributed by atoms with Gasteiger partial charge in [-0.2, -0.15) is 0 Å². The van der Waals surface area contributed by atoms with Crippen molar-refractivity contribution in [3.8, 4) is 0 Å². The maximum Gasteiger partial charge on any atom is 0.328 e. The van der Waals surface area contributed by atoms with Gasteiger partial charge >= 0.3 is 5.69 Å². The Morgan fingerprint density at radius 2 is 2.32 bits per heavy atom. The van der Waals surface area contributed by atoms with E-state index in [4.69, 9.17) is 4.52 Å². The van der Waals surface area contributed by atoms with E-state index in [0.29, 0.717) is 17.0 Å². The molecule has 0 fully saturated rings. The van der Waals surface area contributed by atoms with Gasteiger partial charge < -0.3 is 9.51 Å². The summed E-state index contributed by atoms with van der Waals surface area (Å²) in [7, 11) is 0. The molecule has 6 heteroatoms. The molecule has 0 unspecified atom stereocenters. The standard InChI is InChI=1S/C13H13N3O3/c1-3-5-9-10(15-19-11(9)4-2)8-16-12(17)6-7-14-13(16)18/h3-7H,2,8H2,1H3,(H,14,18)/b5-3-. The minimum atomic E-state index is -0.484. The minimum Gasteiger partial charge on any atom is -0.356 e. The molecule has 0 aliphatic heterocycles. The fraction of sp³-hybridized carbons (Fsp3) is 0.154. The van der Waals surface area contributed by atoms with E-state index in [-0.39, 0.29) is 6.54 Å². The van der Waals surface area contributed by atoms with Gasteiger partial charge in [-0.3, -0.25) is 9.36 Å². The fourth-order valence-corrected chi connectivity index (χ4v) is 1.70. The zero-order valence-corrected chi connectivity index (χ0v) is 10.4. The smallest absolute Gasteiger partial charge is 0.328 e. The Morgan fingerprint density at radius 3 is 2.95 bits per heavy atom. The zero-order valence-electron chi connectivity index (χ0n) is 10.4. The predicted octanol–water partition coefficient (Wildman–Crippen LogP) is 1.25. The van der Waals surface area contributed by atoms with Crippen LogP contribution in [0, 0.1) is 0 Å². The number of rotatable bonds is 4. The number of H-pyrrole nitrogens is 1. The fourth-order valence-electron chi connectivity index (χ4n) is 1.70. The van der Waals surface area contributed by atoms with Crippen molar-refractivity contribution >= 4 is 12.2 Å². The topological polar surface area (TPSA) is 80.9 Å². The van der Waals surface area contributed by atoms with Crippen LogP contribution < -0.4 is 11.2 Å². The monoisotopic (exact) mass is 259 g/mol. The van der Waals surface area contributed by atoms with E-state index in [1.165, 1.54) is 18.3 Å². The molecular formula is C13H13N3O3. The van der Waals surface area contributed by atoms with Gasteiger partial charge in [0.15, 0.2) is 5.76 Å². The van der Waals surface area contributed by atoms with Gasteiger partial charge in [0, 0.05) is 17.8 Å². The summed E-state index contributed by atoms with van der Waals surface area (Å²) in [5.74, 6) is 0.508. The highest BCUT2D eigenvalue weighted by Gasteiger charge is 2.13. The Labute approximate surface area is 108 Å². The molecule has 0 spiro atoms. The normalized spacial score (nSPS) is 11.0. The SMILES string of the molecule is C=Cc1onc(Cn2c(=O)cc[nH]c2=O)c1/C=C\C. The van der Waals surface area contributed by atoms with Crippen molar-refractivity contribution in [1.29, 1.82) is 0 Å². The molecule has 2 aromatic heterocycles. The van der Waals surface area contributed by atoms with E-state index in [0.717, 1.165) is 4.57 Å². The Kier molecular flexibility index (Phi) is 3.61. The number of hydrogen-bond acceptors (Lipinski definition) is 4. The molecule has 0 aliphatic rings. The molecule has 19 heavy (non-hydrogen) atoms. The van der Waals surface area contributed by atoms with Crippen LogP contribution >= 0.6 is 0 Å². The summed E-state index contributed by atoms with van der Waals surface area (Å²) in [6, 6.07) is 1.28. The Bertz CT molecular complexity index is 706. The molecule has 2 heterocycles. The van der Waals surface area contributed by atoms with Crippen LogP contribution in [-0.4, -0.2) is 14.7 Å². The molecule has 0 bridgehead atoms. The number of aromatic amines is 1. The summed E-state index contributed by atoms with van der Waals surface area (Å²) >= 11 is 0. The lowest BCUT2D eigenvalue weighted by molar-refractivity contribution is 0.402. The van der Waals surface area contributed by atoms with Gasteiger partial charge in [0.2, 0.25) is 0 Å². The van der Waals surface area contributed by atoms with Gasteiger partial charge in [0.1, 0.15) is 5.69 Å². The third-order valence-corrected chi connectivity index (χ3v) is 2.60. The van der Waals surface area contributed by atoms with Crippen molar-refractivity contribution in [2.24, 2.45) is 0 Å². The third kappa shape index (κ3) is 2.47. The van der Waals surface area contributed by atoms with Gasteiger partial charge in [-0.15, -0.1) is 0 Å². The first-order chi connectivity index (χ1) is 9.17. The van der Waals surface area contributed by atoms with Gasteiger partial charge in [0.05, 0.1) is 6.54 Å². The number of nitrogens with one attached hydrogen (secondary N) is 1. The molecule has 0 aromatic carbocycles. The molecule has 0 amide bonds. The lowest BCUT2D eigenvalue weighted by atomic mass is 10.1. The Morgan fingerprint density at radius 1 is 1.53 bits per heavy atom. The molecule has 0 atom stereocenters. The summed E-state index contributed by atoms with van der Waals surface area (Å²) in [5, 5.41) is 3.87. The molecule has 2 aromatic rings. The van der Waals surface area contributed by atoms with Crippen molar-refractivity contribution < 1.29 is 4.52 Å². The van der Waals surface area contributed by atoms with Crippen molar-refractivity contribution in [3.63, 3.8) is 0 Å². The second kappa shape index (κ2) is 5.34. The Balaban J connectivity index is 2.50. The van der Waals surface area contributed by atoms with Gasteiger partial charge in [0.25, 0.3) is 5.56 Å². The molecule has 0 aliphatic carbocycles. The van der Waals surface area contributed by atoms with Crippen molar-refractivity contribution in [3.05, 3.63) is 62.8 Å². The quantitative estimate of drug-likeness (QED) is 0.896. The average Bonchev–Trinajstić information content (AvgIpc) is 2.77. The number of aromatic nitrogens is 3. The van der Waals surface area contributed by atoms with E-state index in [2.05, 4.69) is 16.7 Å².